The molecule has 0 amide bonds. The van der Waals surface area contributed by atoms with Gasteiger partial charge in [-0.3, -0.25) is 4.98 Å². The fourth-order valence-corrected chi connectivity index (χ4v) is 4.93. The topological polar surface area (TPSA) is 60.2 Å². The number of nitrogens with zero attached hydrogens (tertiary/aromatic N) is 3. The zero-order valence-corrected chi connectivity index (χ0v) is 16.5. The Bertz CT molecular complexity index is 948. The third-order valence-corrected chi connectivity index (χ3v) is 6.56. The van der Waals surface area contributed by atoms with Crippen LogP contribution in [-0.4, -0.2) is 31.8 Å². The SMILES string of the molecule is OC(CC1c2ccccc2-c2cncn21)[C@H]1CC[C@H](OCc2ccncc2)CC1. The lowest BCUT2D eigenvalue weighted by Gasteiger charge is -2.32. The van der Waals surface area contributed by atoms with Gasteiger partial charge in [0, 0.05) is 18.0 Å². The molecule has 0 bridgehead atoms. The number of aromatic nitrogens is 3. The Hall–Kier alpha value is -2.50. The number of fused-ring (bicyclic) bond motifs is 3. The van der Waals surface area contributed by atoms with Crippen LogP contribution in [0, 0.1) is 5.92 Å². The largest absolute Gasteiger partial charge is 0.393 e. The number of hydrogen-bond donors (Lipinski definition) is 1. The molecule has 0 saturated heterocycles. The van der Waals surface area contributed by atoms with Gasteiger partial charge >= 0.3 is 0 Å². The van der Waals surface area contributed by atoms with Crippen molar-refractivity contribution in [3.63, 3.8) is 0 Å². The number of aliphatic hydroxyl groups excluding tert-OH is 1. The Morgan fingerprint density at radius 1 is 1.03 bits per heavy atom. The van der Waals surface area contributed by atoms with E-state index in [-0.39, 0.29) is 12.1 Å². The van der Waals surface area contributed by atoms with Crippen molar-refractivity contribution in [1.82, 2.24) is 14.5 Å². The predicted molar refractivity (Wildman–Crippen MR) is 111 cm³/mol. The number of aliphatic hydroxyl groups is 1. The summed E-state index contributed by atoms with van der Waals surface area (Å²) in [6.07, 6.45) is 12.2. The van der Waals surface area contributed by atoms with E-state index in [1.807, 2.05) is 24.7 Å². The first-order valence-corrected chi connectivity index (χ1v) is 10.6. The molecular formula is C24H27N3O2. The van der Waals surface area contributed by atoms with Crippen molar-refractivity contribution in [2.24, 2.45) is 5.92 Å². The van der Waals surface area contributed by atoms with Crippen molar-refractivity contribution < 1.29 is 9.84 Å². The molecule has 150 valence electrons. The van der Waals surface area contributed by atoms with Crippen LogP contribution in [0.2, 0.25) is 0 Å². The first-order chi connectivity index (χ1) is 14.3. The van der Waals surface area contributed by atoms with E-state index in [4.69, 9.17) is 4.74 Å². The van der Waals surface area contributed by atoms with Crippen molar-refractivity contribution in [3.8, 4) is 11.3 Å². The first kappa shape index (κ1) is 18.5. The van der Waals surface area contributed by atoms with Crippen LogP contribution in [0.25, 0.3) is 11.3 Å². The second-order valence-electron chi connectivity index (χ2n) is 8.30. The Morgan fingerprint density at radius 3 is 2.66 bits per heavy atom. The summed E-state index contributed by atoms with van der Waals surface area (Å²) in [6.45, 7) is 0.642. The monoisotopic (exact) mass is 389 g/mol. The van der Waals surface area contributed by atoms with Gasteiger partial charge in [0.2, 0.25) is 0 Å². The van der Waals surface area contributed by atoms with Crippen LogP contribution in [0.4, 0.5) is 0 Å². The molecule has 1 N–H and O–H groups in total. The molecule has 1 aromatic carbocycles. The van der Waals surface area contributed by atoms with Gasteiger partial charge in [-0.15, -0.1) is 0 Å². The zero-order chi connectivity index (χ0) is 19.6. The van der Waals surface area contributed by atoms with Crippen LogP contribution >= 0.6 is 0 Å². The van der Waals surface area contributed by atoms with E-state index >= 15 is 0 Å². The minimum absolute atomic E-state index is 0.180. The van der Waals surface area contributed by atoms with E-state index in [9.17, 15) is 5.11 Å². The summed E-state index contributed by atoms with van der Waals surface area (Å²) < 4.78 is 8.31. The van der Waals surface area contributed by atoms with Gasteiger partial charge in [0.05, 0.1) is 43.1 Å². The Kier molecular flexibility index (Phi) is 5.17. The van der Waals surface area contributed by atoms with Crippen molar-refractivity contribution in [2.45, 2.75) is 57.0 Å². The summed E-state index contributed by atoms with van der Waals surface area (Å²) in [5, 5.41) is 11.0. The molecule has 0 radical (unpaired) electrons. The Labute approximate surface area is 171 Å². The molecule has 3 heterocycles. The van der Waals surface area contributed by atoms with Gasteiger partial charge in [-0.05, 0) is 61.3 Å². The zero-order valence-electron chi connectivity index (χ0n) is 16.5. The van der Waals surface area contributed by atoms with E-state index in [0.717, 1.165) is 43.4 Å². The minimum atomic E-state index is -0.303. The highest BCUT2D eigenvalue weighted by atomic mass is 16.5. The fourth-order valence-electron chi connectivity index (χ4n) is 4.93. The van der Waals surface area contributed by atoms with Gasteiger partial charge in [-0.25, -0.2) is 4.98 Å². The van der Waals surface area contributed by atoms with Crippen molar-refractivity contribution in [1.29, 1.82) is 0 Å². The molecule has 5 heteroatoms. The van der Waals surface area contributed by atoms with Gasteiger partial charge in [0.1, 0.15) is 0 Å². The smallest absolute Gasteiger partial charge is 0.0956 e. The fraction of sp³-hybridized carbons (Fsp3) is 0.417. The number of imidazole rings is 1. The molecule has 1 fully saturated rings. The molecule has 1 aliphatic carbocycles. The number of ether oxygens (including phenoxy) is 1. The highest BCUT2D eigenvalue weighted by Gasteiger charge is 2.33. The van der Waals surface area contributed by atoms with Crippen LogP contribution in [0.5, 0.6) is 0 Å². The molecule has 1 aliphatic heterocycles. The summed E-state index contributed by atoms with van der Waals surface area (Å²) >= 11 is 0. The Morgan fingerprint density at radius 2 is 1.83 bits per heavy atom. The summed E-state index contributed by atoms with van der Waals surface area (Å²) in [5.41, 5.74) is 4.87. The molecular weight excluding hydrogens is 362 g/mol. The molecule has 2 unspecified atom stereocenters. The molecule has 2 atom stereocenters. The number of hydrogen-bond acceptors (Lipinski definition) is 4. The van der Waals surface area contributed by atoms with Crippen LogP contribution in [0.15, 0.2) is 61.3 Å². The number of pyridine rings is 1. The van der Waals surface area contributed by atoms with Gasteiger partial charge in [-0.2, -0.15) is 0 Å². The average Bonchev–Trinajstić information content (AvgIpc) is 3.36. The maximum absolute atomic E-state index is 11.0. The number of rotatable bonds is 6. The molecule has 5 rings (SSSR count). The second-order valence-corrected chi connectivity index (χ2v) is 8.30. The normalized spacial score (nSPS) is 24.1. The van der Waals surface area contributed by atoms with E-state index in [0.29, 0.717) is 18.6 Å². The van der Waals surface area contributed by atoms with Gasteiger partial charge in [0.15, 0.2) is 0 Å². The van der Waals surface area contributed by atoms with Gasteiger partial charge in [0.25, 0.3) is 0 Å². The highest BCUT2D eigenvalue weighted by molar-refractivity contribution is 5.68. The predicted octanol–water partition coefficient (Wildman–Crippen LogP) is 4.37. The van der Waals surface area contributed by atoms with Crippen LogP contribution in [0.3, 0.4) is 0 Å². The summed E-state index contributed by atoms with van der Waals surface area (Å²) in [4.78, 5) is 8.38. The van der Waals surface area contributed by atoms with Crippen LogP contribution in [0.1, 0.15) is 49.3 Å². The van der Waals surface area contributed by atoms with Gasteiger partial charge in [-0.1, -0.05) is 24.3 Å². The highest BCUT2D eigenvalue weighted by Crippen LogP contribution is 2.42. The molecule has 3 aromatic rings. The maximum atomic E-state index is 11.0. The Balaban J connectivity index is 1.17. The summed E-state index contributed by atoms with van der Waals surface area (Å²) in [5.74, 6) is 0.343. The molecule has 0 spiro atoms. The van der Waals surface area contributed by atoms with E-state index in [1.54, 1.807) is 12.4 Å². The third-order valence-electron chi connectivity index (χ3n) is 6.56. The van der Waals surface area contributed by atoms with E-state index in [1.165, 1.54) is 11.1 Å². The molecule has 5 nitrogen and oxygen atoms in total. The van der Waals surface area contributed by atoms with E-state index in [2.05, 4.69) is 38.8 Å². The van der Waals surface area contributed by atoms with E-state index < -0.39 is 0 Å². The molecule has 2 aromatic heterocycles. The summed E-state index contributed by atoms with van der Waals surface area (Å²) in [6, 6.07) is 12.7. The van der Waals surface area contributed by atoms with Crippen LogP contribution in [-0.2, 0) is 11.3 Å². The third kappa shape index (κ3) is 3.72. The lowest BCUT2D eigenvalue weighted by atomic mass is 9.81. The van der Waals surface area contributed by atoms with Crippen molar-refractivity contribution >= 4 is 0 Å². The van der Waals surface area contributed by atoms with Crippen LogP contribution < -0.4 is 0 Å². The standard InChI is InChI=1S/C24H27N3O2/c28-24(13-22-20-3-1-2-4-21(20)23-14-26-16-27(22)23)18-5-7-19(8-6-18)29-15-17-9-11-25-12-10-17/h1-4,9-12,14,16,18-19,22,24,28H,5-8,13,15H2/t18-,19-,22?,24?. The maximum Gasteiger partial charge on any atom is 0.0956 e. The lowest BCUT2D eigenvalue weighted by Crippen LogP contribution is -2.30. The first-order valence-electron chi connectivity index (χ1n) is 10.6. The van der Waals surface area contributed by atoms with Crippen molar-refractivity contribution in [2.75, 3.05) is 0 Å². The average molecular weight is 389 g/mol. The minimum Gasteiger partial charge on any atom is -0.393 e. The quantitative estimate of drug-likeness (QED) is 0.680. The van der Waals surface area contributed by atoms with Crippen molar-refractivity contribution in [3.05, 3.63) is 72.4 Å². The lowest BCUT2D eigenvalue weighted by molar-refractivity contribution is -0.0160. The van der Waals surface area contributed by atoms with Gasteiger partial charge < -0.3 is 14.4 Å². The number of benzene rings is 1. The second kappa shape index (κ2) is 8.09. The molecule has 2 aliphatic rings. The molecule has 29 heavy (non-hydrogen) atoms. The summed E-state index contributed by atoms with van der Waals surface area (Å²) in [7, 11) is 0. The molecule has 1 saturated carbocycles.